The van der Waals surface area contributed by atoms with Crippen molar-refractivity contribution >= 4 is 28.0 Å². The summed E-state index contributed by atoms with van der Waals surface area (Å²) in [6.07, 6.45) is 3.13. The van der Waals surface area contributed by atoms with Crippen molar-refractivity contribution in [2.75, 3.05) is 6.54 Å². The Bertz CT molecular complexity index is 1270. The lowest BCUT2D eigenvalue weighted by Gasteiger charge is -2.23. The van der Waals surface area contributed by atoms with Crippen molar-refractivity contribution < 1.29 is 4.79 Å². The van der Waals surface area contributed by atoms with Crippen molar-refractivity contribution in [1.29, 1.82) is 0 Å². The Labute approximate surface area is 181 Å². The van der Waals surface area contributed by atoms with Gasteiger partial charge < -0.3 is 9.88 Å². The number of benzene rings is 1. The number of imidazole rings is 1. The number of likely N-dealkylation sites (tertiary alicyclic amines) is 1. The number of hydrogen-bond acceptors (Lipinski definition) is 4. The van der Waals surface area contributed by atoms with Crippen LogP contribution in [0.2, 0.25) is 0 Å². The summed E-state index contributed by atoms with van der Waals surface area (Å²) in [6.45, 7) is 6.96. The van der Waals surface area contributed by atoms with E-state index in [0.717, 1.165) is 64.2 Å². The van der Waals surface area contributed by atoms with Crippen LogP contribution in [0.5, 0.6) is 0 Å². The molecule has 0 saturated carbocycles. The van der Waals surface area contributed by atoms with Crippen LogP contribution in [0.15, 0.2) is 24.3 Å². The fourth-order valence-corrected chi connectivity index (χ4v) is 5.09. The maximum absolute atomic E-state index is 13.2. The topological polar surface area (TPSA) is 79.7 Å². The summed E-state index contributed by atoms with van der Waals surface area (Å²) in [7, 11) is 1.93. The van der Waals surface area contributed by atoms with Crippen molar-refractivity contribution in [2.45, 2.75) is 52.5 Å². The third-order valence-electron chi connectivity index (χ3n) is 6.62. The summed E-state index contributed by atoms with van der Waals surface area (Å²) in [5.41, 5.74) is 7.21. The zero-order chi connectivity index (χ0) is 21.7. The summed E-state index contributed by atoms with van der Waals surface area (Å²) in [6, 6.07) is 8.06. The van der Waals surface area contributed by atoms with Crippen molar-refractivity contribution in [2.24, 2.45) is 7.05 Å². The molecule has 1 aromatic carbocycles. The second-order valence-corrected chi connectivity index (χ2v) is 8.59. The molecule has 0 spiro atoms. The van der Waals surface area contributed by atoms with Gasteiger partial charge in [0.15, 0.2) is 5.65 Å². The fourth-order valence-electron chi connectivity index (χ4n) is 5.09. The first kappa shape index (κ1) is 19.7. The average Bonchev–Trinajstić information content (AvgIpc) is 3.44. The van der Waals surface area contributed by atoms with E-state index in [1.807, 2.05) is 54.7 Å². The second-order valence-electron chi connectivity index (χ2n) is 8.59. The van der Waals surface area contributed by atoms with Crippen LogP contribution in [0, 0.1) is 20.8 Å². The van der Waals surface area contributed by atoms with Gasteiger partial charge in [0.2, 0.25) is 5.91 Å². The minimum absolute atomic E-state index is 0.0308. The molecule has 1 aliphatic rings. The zero-order valence-corrected chi connectivity index (χ0v) is 18.6. The van der Waals surface area contributed by atoms with Gasteiger partial charge in [0.1, 0.15) is 5.82 Å². The first-order valence-corrected chi connectivity index (χ1v) is 11.0. The van der Waals surface area contributed by atoms with Crippen molar-refractivity contribution in [3.05, 3.63) is 52.6 Å². The highest BCUT2D eigenvalue weighted by atomic mass is 16.2. The predicted octanol–water partition coefficient (Wildman–Crippen LogP) is 4.07. The molecule has 4 heterocycles. The largest absolute Gasteiger partial charge is 0.340 e. The average molecular weight is 417 g/mol. The molecule has 1 saturated heterocycles. The highest BCUT2D eigenvalue weighted by Crippen LogP contribution is 2.33. The third-order valence-corrected chi connectivity index (χ3v) is 6.62. The molecule has 31 heavy (non-hydrogen) atoms. The molecule has 4 aromatic rings. The van der Waals surface area contributed by atoms with Crippen molar-refractivity contribution in [1.82, 2.24) is 29.6 Å². The molecule has 1 aliphatic heterocycles. The Morgan fingerprint density at radius 1 is 1.16 bits per heavy atom. The number of aromatic amines is 1. The molecule has 1 fully saturated rings. The number of H-pyrrole nitrogens is 1. The molecular formula is C24H28N6O. The lowest BCUT2D eigenvalue weighted by Crippen LogP contribution is -2.31. The third kappa shape index (κ3) is 3.28. The van der Waals surface area contributed by atoms with Crippen LogP contribution >= 0.6 is 0 Å². The predicted molar refractivity (Wildman–Crippen MR) is 121 cm³/mol. The minimum atomic E-state index is 0.0308. The monoisotopic (exact) mass is 416 g/mol. The zero-order valence-electron chi connectivity index (χ0n) is 18.6. The molecule has 3 aromatic heterocycles. The molecule has 0 aliphatic carbocycles. The first-order valence-electron chi connectivity index (χ1n) is 11.0. The summed E-state index contributed by atoms with van der Waals surface area (Å²) in [5.74, 6) is 1.08. The van der Waals surface area contributed by atoms with Gasteiger partial charge in [-0.3, -0.25) is 9.48 Å². The molecule has 1 amide bonds. The highest BCUT2D eigenvalue weighted by Gasteiger charge is 2.32. The summed E-state index contributed by atoms with van der Waals surface area (Å²) in [5, 5.41) is 5.63. The van der Waals surface area contributed by atoms with Crippen molar-refractivity contribution in [3.63, 3.8) is 0 Å². The van der Waals surface area contributed by atoms with Crippen LogP contribution in [0.3, 0.4) is 0 Å². The van der Waals surface area contributed by atoms with Crippen LogP contribution in [0.25, 0.3) is 22.1 Å². The summed E-state index contributed by atoms with van der Waals surface area (Å²) < 4.78 is 1.84. The molecule has 7 nitrogen and oxygen atoms in total. The van der Waals surface area contributed by atoms with Crippen LogP contribution < -0.4 is 0 Å². The Kier molecular flexibility index (Phi) is 4.76. The van der Waals surface area contributed by atoms with E-state index >= 15 is 0 Å². The number of pyridine rings is 1. The van der Waals surface area contributed by atoms with Gasteiger partial charge in [-0.05, 0) is 63.3 Å². The first-order chi connectivity index (χ1) is 14.9. The molecule has 0 radical (unpaired) electrons. The minimum Gasteiger partial charge on any atom is -0.340 e. The van der Waals surface area contributed by atoms with E-state index in [4.69, 9.17) is 9.97 Å². The van der Waals surface area contributed by atoms with Gasteiger partial charge in [0.25, 0.3) is 0 Å². The summed E-state index contributed by atoms with van der Waals surface area (Å²) in [4.78, 5) is 28.2. The molecule has 7 heteroatoms. The molecule has 5 rings (SSSR count). The second kappa shape index (κ2) is 7.48. The van der Waals surface area contributed by atoms with Crippen molar-refractivity contribution in [3.8, 4) is 0 Å². The number of amides is 1. The number of fused-ring (bicyclic) bond motifs is 2. The van der Waals surface area contributed by atoms with E-state index in [-0.39, 0.29) is 11.9 Å². The number of carbonyl (C=O) groups excluding carboxylic acids is 1. The van der Waals surface area contributed by atoms with Gasteiger partial charge in [0, 0.05) is 31.1 Å². The lowest BCUT2D eigenvalue weighted by atomic mass is 9.99. The maximum Gasteiger partial charge on any atom is 0.223 e. The lowest BCUT2D eigenvalue weighted by molar-refractivity contribution is -0.132. The fraction of sp³-hybridized carbons (Fsp3) is 0.417. The van der Waals surface area contributed by atoms with E-state index in [1.54, 1.807) is 0 Å². The van der Waals surface area contributed by atoms with Crippen LogP contribution in [-0.2, 0) is 18.3 Å². The Morgan fingerprint density at radius 3 is 2.77 bits per heavy atom. The number of nitrogens with zero attached hydrogens (tertiary/aromatic N) is 5. The number of para-hydroxylation sites is 2. The molecule has 1 unspecified atom stereocenters. The quantitative estimate of drug-likeness (QED) is 0.544. The van der Waals surface area contributed by atoms with E-state index < -0.39 is 0 Å². The van der Waals surface area contributed by atoms with Gasteiger partial charge in [-0.1, -0.05) is 12.1 Å². The number of aromatic nitrogens is 5. The number of carbonyl (C=O) groups is 1. The van der Waals surface area contributed by atoms with Gasteiger partial charge >= 0.3 is 0 Å². The highest BCUT2D eigenvalue weighted by molar-refractivity contribution is 5.84. The van der Waals surface area contributed by atoms with Crippen LogP contribution in [0.1, 0.15) is 53.6 Å². The van der Waals surface area contributed by atoms with Gasteiger partial charge in [0.05, 0.1) is 22.8 Å². The Hall–Kier alpha value is -3.22. The smallest absolute Gasteiger partial charge is 0.223 e. The summed E-state index contributed by atoms with van der Waals surface area (Å²) >= 11 is 0. The van der Waals surface area contributed by atoms with E-state index in [2.05, 4.69) is 17.0 Å². The standard InChI is InChI=1S/C24H28N6O/c1-14-17(15(2)25-24-22(14)16(3)28-29(24)4)11-12-21(31)30-13-7-10-20(30)23-26-18-8-5-6-9-19(18)27-23/h5-6,8-9,20H,7,10-13H2,1-4H3,(H,26,27). The van der Waals surface area contributed by atoms with E-state index in [1.165, 1.54) is 5.56 Å². The number of hydrogen-bond donors (Lipinski definition) is 1. The van der Waals surface area contributed by atoms with Gasteiger partial charge in [-0.15, -0.1) is 0 Å². The van der Waals surface area contributed by atoms with E-state index in [9.17, 15) is 4.79 Å². The number of rotatable bonds is 4. The number of nitrogens with one attached hydrogen (secondary N) is 1. The van der Waals surface area contributed by atoms with Crippen LogP contribution in [0.4, 0.5) is 0 Å². The number of aryl methyl sites for hydroxylation is 4. The Balaban J connectivity index is 1.37. The SMILES string of the molecule is Cc1nc2c(c(C)nn2C)c(C)c1CCC(=O)N1CCCC1c1nc2ccccc2[nH]1. The van der Waals surface area contributed by atoms with Gasteiger partial charge in [-0.2, -0.15) is 5.10 Å². The van der Waals surface area contributed by atoms with Gasteiger partial charge in [-0.25, -0.2) is 9.97 Å². The molecule has 0 bridgehead atoms. The van der Waals surface area contributed by atoms with E-state index in [0.29, 0.717) is 12.8 Å². The Morgan fingerprint density at radius 2 is 1.97 bits per heavy atom. The molecule has 160 valence electrons. The maximum atomic E-state index is 13.2. The molecule has 1 N–H and O–H groups in total. The molecule has 1 atom stereocenters. The normalized spacial score (nSPS) is 16.6. The molecular weight excluding hydrogens is 388 g/mol. The van der Waals surface area contributed by atoms with Crippen LogP contribution in [-0.4, -0.2) is 42.1 Å².